The molecule has 0 aromatic heterocycles. The Hall–Kier alpha value is -4.00. The highest BCUT2D eigenvalue weighted by Gasteiger charge is 2.35. The number of carbonyl (C=O) groups excluding carboxylic acids is 2. The molecule has 3 aromatic carbocycles. The van der Waals surface area contributed by atoms with Gasteiger partial charge in [-0.2, -0.15) is 0 Å². The minimum absolute atomic E-state index is 0.0259. The zero-order valence-electron chi connectivity index (χ0n) is 24.3. The number of rotatable bonds is 9. The molecule has 0 saturated carbocycles. The third kappa shape index (κ3) is 7.51. The number of sulfonamides is 1. The van der Waals surface area contributed by atoms with Crippen LogP contribution in [-0.4, -0.2) is 81.3 Å². The molecule has 3 amide bonds. The van der Waals surface area contributed by atoms with Crippen LogP contribution in [0, 0.1) is 5.92 Å². The summed E-state index contributed by atoms with van der Waals surface area (Å²) >= 11 is 5.94. The second kappa shape index (κ2) is 13.5. The van der Waals surface area contributed by atoms with Crippen molar-refractivity contribution in [3.8, 4) is 11.5 Å². The molecule has 0 saturated heterocycles. The van der Waals surface area contributed by atoms with Gasteiger partial charge in [0, 0.05) is 30.2 Å². The van der Waals surface area contributed by atoms with E-state index in [1.54, 1.807) is 57.5 Å². The van der Waals surface area contributed by atoms with Crippen molar-refractivity contribution in [2.24, 2.45) is 5.92 Å². The quantitative estimate of drug-likeness (QED) is 0.316. The Labute approximate surface area is 256 Å². The van der Waals surface area contributed by atoms with Gasteiger partial charge < -0.3 is 29.7 Å². The largest absolute Gasteiger partial charge is 0.497 e. The number of amides is 3. The van der Waals surface area contributed by atoms with Crippen molar-refractivity contribution in [2.75, 3.05) is 43.9 Å². The zero-order valence-corrected chi connectivity index (χ0v) is 25.9. The monoisotopic (exact) mass is 630 g/mol. The van der Waals surface area contributed by atoms with Gasteiger partial charge >= 0.3 is 6.03 Å². The fourth-order valence-electron chi connectivity index (χ4n) is 4.61. The summed E-state index contributed by atoms with van der Waals surface area (Å²) in [5.74, 6) is -0.0515. The number of hydrogen-bond acceptors (Lipinski definition) is 7. The summed E-state index contributed by atoms with van der Waals surface area (Å²) < 4.78 is 40.7. The van der Waals surface area contributed by atoms with Gasteiger partial charge in [-0.25, -0.2) is 13.2 Å². The first-order valence-electron chi connectivity index (χ1n) is 13.6. The first-order valence-corrected chi connectivity index (χ1v) is 15.5. The van der Waals surface area contributed by atoms with Crippen LogP contribution in [0.3, 0.4) is 0 Å². The van der Waals surface area contributed by atoms with Gasteiger partial charge in [-0.3, -0.25) is 9.52 Å². The van der Waals surface area contributed by atoms with Crippen LogP contribution in [0.1, 0.15) is 24.2 Å². The molecule has 3 aromatic rings. The maximum Gasteiger partial charge on any atom is 0.321 e. The molecular weight excluding hydrogens is 596 g/mol. The van der Waals surface area contributed by atoms with Crippen LogP contribution in [0.4, 0.5) is 16.2 Å². The van der Waals surface area contributed by atoms with E-state index in [0.29, 0.717) is 16.5 Å². The van der Waals surface area contributed by atoms with E-state index in [0.717, 1.165) is 0 Å². The molecule has 0 bridgehead atoms. The van der Waals surface area contributed by atoms with E-state index >= 15 is 0 Å². The lowest BCUT2D eigenvalue weighted by molar-refractivity contribution is 0.0373. The molecule has 0 fully saturated rings. The summed E-state index contributed by atoms with van der Waals surface area (Å²) in [6.07, 6.45) is -0.659. The standard InChI is InChI=1S/C30H35ClN4O7S/c1-19-16-35(20(2)18-36)29(37)25-6-5-7-26(33-43(39,40)24-14-8-21(31)9-15-24)28(25)42-27(19)17-34(3)30(38)32-22-10-12-23(41-4)13-11-22/h5-15,19-20,27,33,36H,16-18H2,1-4H3,(H,32,38)/t19-,20+,27-/m0/s1. The SMILES string of the molecule is COc1ccc(NC(=O)N(C)C[C@@H]2Oc3c(NS(=O)(=O)c4ccc(Cl)cc4)cccc3C(=O)N([C@H](C)CO)C[C@@H]2C)cc1. The molecule has 43 heavy (non-hydrogen) atoms. The number of methoxy groups -OCH3 is 1. The third-order valence-corrected chi connectivity index (χ3v) is 8.83. The topological polar surface area (TPSA) is 138 Å². The van der Waals surface area contributed by atoms with E-state index in [9.17, 15) is 23.1 Å². The van der Waals surface area contributed by atoms with Gasteiger partial charge in [-0.1, -0.05) is 24.6 Å². The van der Waals surface area contributed by atoms with Crippen LogP contribution in [0.25, 0.3) is 0 Å². The fourth-order valence-corrected chi connectivity index (χ4v) is 5.79. The van der Waals surface area contributed by atoms with Gasteiger partial charge in [-0.15, -0.1) is 0 Å². The van der Waals surface area contributed by atoms with E-state index < -0.39 is 34.1 Å². The van der Waals surface area contributed by atoms with Gasteiger partial charge in [0.25, 0.3) is 15.9 Å². The van der Waals surface area contributed by atoms with Crippen LogP contribution in [0.5, 0.6) is 11.5 Å². The number of aliphatic hydroxyl groups is 1. The lowest BCUT2D eigenvalue weighted by Crippen LogP contribution is -2.50. The van der Waals surface area contributed by atoms with Crippen LogP contribution in [-0.2, 0) is 10.0 Å². The number of likely N-dealkylation sites (N-methyl/N-ethyl adjacent to an activating group) is 1. The Morgan fingerprint density at radius 1 is 1.16 bits per heavy atom. The average Bonchev–Trinajstić information content (AvgIpc) is 2.99. The highest BCUT2D eigenvalue weighted by Crippen LogP contribution is 2.36. The predicted octanol–water partition coefficient (Wildman–Crippen LogP) is 4.53. The Morgan fingerprint density at radius 3 is 2.47 bits per heavy atom. The minimum atomic E-state index is -4.08. The van der Waals surface area contributed by atoms with Gasteiger partial charge in [0.1, 0.15) is 11.9 Å². The van der Waals surface area contributed by atoms with Crippen LogP contribution in [0.15, 0.2) is 71.6 Å². The number of nitrogens with zero attached hydrogens (tertiary/aromatic N) is 2. The van der Waals surface area contributed by atoms with E-state index in [-0.39, 0.29) is 47.5 Å². The van der Waals surface area contributed by atoms with E-state index in [1.807, 2.05) is 6.92 Å². The Morgan fingerprint density at radius 2 is 1.84 bits per heavy atom. The molecule has 13 heteroatoms. The molecule has 0 radical (unpaired) electrons. The van der Waals surface area contributed by atoms with Crippen molar-refractivity contribution in [3.05, 3.63) is 77.3 Å². The number of urea groups is 1. The van der Waals surface area contributed by atoms with Gasteiger partial charge in [-0.05, 0) is 67.6 Å². The summed E-state index contributed by atoms with van der Waals surface area (Å²) in [4.78, 5) is 29.8. The Balaban J connectivity index is 1.66. The van der Waals surface area contributed by atoms with Gasteiger partial charge in [0.15, 0.2) is 5.75 Å². The number of aliphatic hydroxyl groups excluding tert-OH is 1. The molecule has 3 N–H and O–H groups in total. The zero-order chi connectivity index (χ0) is 31.3. The summed E-state index contributed by atoms with van der Waals surface area (Å²) in [7, 11) is -0.911. The molecular formula is C30H35ClN4O7S. The second-order valence-electron chi connectivity index (χ2n) is 10.4. The Kier molecular flexibility index (Phi) is 10.0. The highest BCUT2D eigenvalue weighted by molar-refractivity contribution is 7.92. The van der Waals surface area contributed by atoms with Crippen molar-refractivity contribution in [1.29, 1.82) is 0 Å². The summed E-state index contributed by atoms with van der Waals surface area (Å²) in [6, 6.07) is 16.2. The molecule has 3 atom stereocenters. The summed E-state index contributed by atoms with van der Waals surface area (Å²) in [5, 5.41) is 13.1. The Bertz CT molecular complexity index is 1550. The van der Waals surface area contributed by atoms with Crippen LogP contribution < -0.4 is 19.5 Å². The second-order valence-corrected chi connectivity index (χ2v) is 12.5. The van der Waals surface area contributed by atoms with Crippen molar-refractivity contribution >= 4 is 44.9 Å². The number of nitrogens with one attached hydrogen (secondary N) is 2. The third-order valence-electron chi connectivity index (χ3n) is 7.20. The van der Waals surface area contributed by atoms with Gasteiger partial charge in [0.05, 0.1) is 42.4 Å². The van der Waals surface area contributed by atoms with Crippen LogP contribution in [0.2, 0.25) is 5.02 Å². The van der Waals surface area contributed by atoms with Crippen LogP contribution >= 0.6 is 11.6 Å². The number of halogens is 1. The van der Waals surface area contributed by atoms with Gasteiger partial charge in [0.2, 0.25) is 0 Å². The molecule has 230 valence electrons. The van der Waals surface area contributed by atoms with E-state index in [1.165, 1.54) is 40.1 Å². The predicted molar refractivity (Wildman–Crippen MR) is 165 cm³/mol. The van der Waals surface area contributed by atoms with E-state index in [4.69, 9.17) is 21.1 Å². The number of carbonyl (C=O) groups is 2. The number of anilines is 2. The molecule has 1 aliphatic rings. The molecule has 11 nitrogen and oxygen atoms in total. The maximum absolute atomic E-state index is 13.7. The molecule has 0 spiro atoms. The summed E-state index contributed by atoms with van der Waals surface area (Å²) in [6.45, 7) is 3.67. The first-order chi connectivity index (χ1) is 20.4. The molecule has 0 aliphatic carbocycles. The number of fused-ring (bicyclic) bond motifs is 1. The number of para-hydroxylation sites is 1. The van der Waals surface area contributed by atoms with E-state index in [2.05, 4.69) is 10.0 Å². The van der Waals surface area contributed by atoms with Crippen molar-refractivity contribution < 1.29 is 32.6 Å². The minimum Gasteiger partial charge on any atom is -0.497 e. The molecule has 1 aliphatic heterocycles. The molecule has 1 heterocycles. The van der Waals surface area contributed by atoms with Crippen molar-refractivity contribution in [1.82, 2.24) is 9.80 Å². The van der Waals surface area contributed by atoms with Crippen molar-refractivity contribution in [3.63, 3.8) is 0 Å². The molecule has 4 rings (SSSR count). The smallest absolute Gasteiger partial charge is 0.321 e. The first kappa shape index (κ1) is 31.9. The normalized spacial score (nSPS) is 17.5. The lowest BCUT2D eigenvalue weighted by atomic mass is 9.99. The molecule has 0 unspecified atom stereocenters. The number of benzene rings is 3. The number of hydrogen-bond donors (Lipinski definition) is 3. The highest BCUT2D eigenvalue weighted by atomic mass is 35.5. The lowest BCUT2D eigenvalue weighted by Gasteiger charge is -2.38. The van der Waals surface area contributed by atoms with Crippen molar-refractivity contribution in [2.45, 2.75) is 30.9 Å². The average molecular weight is 631 g/mol. The maximum atomic E-state index is 13.7. The number of ether oxygens (including phenoxy) is 2. The summed E-state index contributed by atoms with van der Waals surface area (Å²) in [5.41, 5.74) is 0.753. The fraction of sp³-hybridized carbons (Fsp3) is 0.333.